The van der Waals surface area contributed by atoms with Gasteiger partial charge in [-0.15, -0.1) is 0 Å². The number of rotatable bonds is 12. The van der Waals surface area contributed by atoms with Crippen LogP contribution in [0.15, 0.2) is 0 Å². The van der Waals surface area contributed by atoms with Crippen LogP contribution in [0.25, 0.3) is 0 Å². The van der Waals surface area contributed by atoms with Crippen molar-refractivity contribution >= 4 is 5.91 Å². The molecule has 14 N–H and O–H groups in total. The molecule has 14 atom stereocenters. The first-order chi connectivity index (χ1) is 19.1. The Morgan fingerprint density at radius 2 is 1.70 bits per heavy atom. The third-order valence-corrected chi connectivity index (χ3v) is 7.82. The highest BCUT2D eigenvalue weighted by Crippen LogP contribution is 2.31. The molecule has 2 aliphatic heterocycles. The van der Waals surface area contributed by atoms with Gasteiger partial charge in [0.2, 0.25) is 5.91 Å². The third-order valence-electron chi connectivity index (χ3n) is 7.82. The minimum Gasteiger partial charge on any atom is -0.394 e. The summed E-state index contributed by atoms with van der Waals surface area (Å²) in [6.07, 6.45) is -9.94. The van der Waals surface area contributed by atoms with Crippen LogP contribution in [-0.2, 0) is 23.7 Å². The molecule has 1 aliphatic carbocycles. The summed E-state index contributed by atoms with van der Waals surface area (Å²) in [6.45, 7) is 0.0932. The molecule has 0 aromatic heterocycles. The molecule has 0 bridgehead atoms. The zero-order chi connectivity index (χ0) is 29.6. The molecule has 16 nitrogen and oxygen atoms in total. The SMILES string of the molecule is CNC[C@@H]1CC[C@@H](N)[C@@H](O[C@H]2[C@@H](O)[C@@H](O[C@H]3O[C@H](CO)[C@@H](O)[C@H](NC)[C@H]3O)[C@H](NC(=O)[C@@H](O)CCN)C[C@@H]2N)O1. The number of hydrogen-bond donors (Lipinski definition) is 11. The Bertz CT molecular complexity index is 788. The van der Waals surface area contributed by atoms with Gasteiger partial charge in [-0.2, -0.15) is 0 Å². The maximum Gasteiger partial charge on any atom is 0.249 e. The topological polar surface area (TPSA) is 269 Å². The predicted molar refractivity (Wildman–Crippen MR) is 140 cm³/mol. The summed E-state index contributed by atoms with van der Waals surface area (Å²) < 4.78 is 23.8. The number of aliphatic hydroxyl groups excluding tert-OH is 5. The number of carbonyl (C=O) groups is 1. The summed E-state index contributed by atoms with van der Waals surface area (Å²) in [5.74, 6) is -0.739. The second-order valence-corrected chi connectivity index (χ2v) is 10.7. The summed E-state index contributed by atoms with van der Waals surface area (Å²) in [4.78, 5) is 12.7. The molecule has 0 aromatic rings. The van der Waals surface area contributed by atoms with Crippen molar-refractivity contribution in [2.75, 3.05) is 33.8 Å². The van der Waals surface area contributed by atoms with Crippen molar-refractivity contribution in [1.82, 2.24) is 16.0 Å². The monoisotopic (exact) mass is 580 g/mol. The van der Waals surface area contributed by atoms with Crippen molar-refractivity contribution in [3.8, 4) is 0 Å². The lowest BCUT2D eigenvalue weighted by atomic mass is 9.83. The quantitative estimate of drug-likeness (QED) is 0.103. The Labute approximate surface area is 233 Å². The number of amides is 1. The maximum atomic E-state index is 12.7. The van der Waals surface area contributed by atoms with Gasteiger partial charge in [0.1, 0.15) is 42.7 Å². The maximum absolute atomic E-state index is 12.7. The second-order valence-electron chi connectivity index (χ2n) is 10.7. The molecule has 40 heavy (non-hydrogen) atoms. The number of aliphatic hydroxyl groups is 5. The zero-order valence-corrected chi connectivity index (χ0v) is 23.0. The van der Waals surface area contributed by atoms with E-state index >= 15 is 0 Å². The Balaban J connectivity index is 1.83. The van der Waals surface area contributed by atoms with Crippen molar-refractivity contribution in [3.63, 3.8) is 0 Å². The molecule has 3 fully saturated rings. The van der Waals surface area contributed by atoms with E-state index in [9.17, 15) is 30.3 Å². The number of carbonyl (C=O) groups excluding carboxylic acids is 1. The molecule has 1 saturated carbocycles. The van der Waals surface area contributed by atoms with Gasteiger partial charge in [0.15, 0.2) is 12.6 Å². The van der Waals surface area contributed by atoms with Crippen molar-refractivity contribution in [2.45, 2.75) is 111 Å². The molecule has 1 amide bonds. The number of ether oxygens (including phenoxy) is 4. The van der Waals surface area contributed by atoms with E-state index in [-0.39, 0.29) is 25.5 Å². The third kappa shape index (κ3) is 7.84. The van der Waals surface area contributed by atoms with Crippen LogP contribution in [0.2, 0.25) is 0 Å². The van der Waals surface area contributed by atoms with Gasteiger partial charge in [-0.25, -0.2) is 0 Å². The fourth-order valence-electron chi connectivity index (χ4n) is 5.54. The largest absolute Gasteiger partial charge is 0.394 e. The van der Waals surface area contributed by atoms with Crippen LogP contribution in [0.4, 0.5) is 0 Å². The average Bonchev–Trinajstić information content (AvgIpc) is 2.92. The highest BCUT2D eigenvalue weighted by atomic mass is 16.7. The molecule has 0 aromatic carbocycles. The normalized spacial score (nSPS) is 43.3. The van der Waals surface area contributed by atoms with Gasteiger partial charge in [0, 0.05) is 12.6 Å². The van der Waals surface area contributed by atoms with Crippen LogP contribution in [-0.4, -0.2) is 151 Å². The molecule has 2 heterocycles. The summed E-state index contributed by atoms with van der Waals surface area (Å²) >= 11 is 0. The molecule has 3 aliphatic rings. The average molecular weight is 581 g/mol. The van der Waals surface area contributed by atoms with E-state index in [0.717, 1.165) is 6.42 Å². The van der Waals surface area contributed by atoms with Gasteiger partial charge >= 0.3 is 0 Å². The van der Waals surface area contributed by atoms with E-state index in [2.05, 4.69) is 16.0 Å². The Morgan fingerprint density at radius 3 is 2.33 bits per heavy atom. The minimum atomic E-state index is -1.47. The first-order valence-electron chi connectivity index (χ1n) is 13.8. The van der Waals surface area contributed by atoms with Crippen molar-refractivity contribution in [2.24, 2.45) is 17.2 Å². The zero-order valence-electron chi connectivity index (χ0n) is 23.0. The van der Waals surface area contributed by atoms with Crippen LogP contribution in [0.5, 0.6) is 0 Å². The Kier molecular flexibility index (Phi) is 12.9. The minimum absolute atomic E-state index is 0.0134. The van der Waals surface area contributed by atoms with Crippen LogP contribution in [0, 0.1) is 0 Å². The van der Waals surface area contributed by atoms with E-state index in [0.29, 0.717) is 13.0 Å². The van der Waals surface area contributed by atoms with Crippen LogP contribution >= 0.6 is 0 Å². The van der Waals surface area contributed by atoms with Crippen LogP contribution in [0.1, 0.15) is 25.7 Å². The van der Waals surface area contributed by atoms with Crippen LogP contribution in [0.3, 0.4) is 0 Å². The smallest absolute Gasteiger partial charge is 0.249 e. The first kappa shape index (κ1) is 33.4. The summed E-state index contributed by atoms with van der Waals surface area (Å²) in [5, 5.41) is 61.1. The molecule has 16 heteroatoms. The van der Waals surface area contributed by atoms with Gasteiger partial charge < -0.3 is 77.6 Å². The van der Waals surface area contributed by atoms with E-state index in [4.69, 9.17) is 36.1 Å². The molecule has 0 spiro atoms. The summed E-state index contributed by atoms with van der Waals surface area (Å²) in [5.41, 5.74) is 18.1. The summed E-state index contributed by atoms with van der Waals surface area (Å²) in [6, 6.07) is -3.14. The fourth-order valence-corrected chi connectivity index (χ4v) is 5.54. The van der Waals surface area contributed by atoms with Crippen molar-refractivity contribution < 1.29 is 49.3 Å². The first-order valence-corrected chi connectivity index (χ1v) is 13.8. The molecule has 0 radical (unpaired) electrons. The lowest BCUT2D eigenvalue weighted by molar-refractivity contribution is -0.315. The highest BCUT2D eigenvalue weighted by Gasteiger charge is 2.51. The predicted octanol–water partition coefficient (Wildman–Crippen LogP) is -5.88. The number of likely N-dealkylation sites (N-methyl/N-ethyl adjacent to an activating group) is 2. The lowest BCUT2D eigenvalue weighted by Crippen LogP contribution is -2.69. The number of nitrogens with two attached hydrogens (primary N) is 3. The molecule has 234 valence electrons. The number of nitrogens with one attached hydrogen (secondary N) is 3. The van der Waals surface area contributed by atoms with Gasteiger partial charge in [-0.1, -0.05) is 0 Å². The Morgan fingerprint density at radius 1 is 1.00 bits per heavy atom. The molecular formula is C24H48N6O10. The van der Waals surface area contributed by atoms with E-state index in [1.165, 1.54) is 7.05 Å². The fraction of sp³-hybridized carbons (Fsp3) is 0.958. The van der Waals surface area contributed by atoms with Gasteiger partial charge in [-0.3, -0.25) is 4.79 Å². The highest BCUT2D eigenvalue weighted by molar-refractivity contribution is 5.80. The van der Waals surface area contributed by atoms with Gasteiger partial charge in [-0.05, 0) is 46.3 Å². The van der Waals surface area contributed by atoms with E-state index in [1.807, 2.05) is 0 Å². The standard InChI is InChI=1S/C24H48N6O10/c1-28-8-10-3-4-11(26)23(37-10)39-20-12(27)7-13(30-22(36)14(32)5-6-25)21(19(20)35)40-24-18(34)16(29-2)17(33)15(9-31)38-24/h10-21,23-24,28-29,31-35H,3-9,25-27H2,1-2H3,(H,30,36)/t10-,11+,12-,13+,14-,15+,16-,17+,18+,19+,20+,21-,23+,24+/m0/s1. The van der Waals surface area contributed by atoms with E-state index in [1.54, 1.807) is 7.05 Å². The van der Waals surface area contributed by atoms with Gasteiger partial charge in [0.25, 0.3) is 0 Å². The van der Waals surface area contributed by atoms with Crippen LogP contribution < -0.4 is 33.2 Å². The Hall–Kier alpha value is -1.09. The lowest BCUT2D eigenvalue weighted by Gasteiger charge is -2.48. The second kappa shape index (κ2) is 15.4. The van der Waals surface area contributed by atoms with Crippen molar-refractivity contribution in [1.29, 1.82) is 0 Å². The molecule has 0 unspecified atom stereocenters. The molecular weight excluding hydrogens is 532 g/mol. The van der Waals surface area contributed by atoms with Crippen molar-refractivity contribution in [3.05, 3.63) is 0 Å². The molecule has 2 saturated heterocycles. The van der Waals surface area contributed by atoms with Gasteiger partial charge in [0.05, 0.1) is 30.8 Å². The summed E-state index contributed by atoms with van der Waals surface area (Å²) in [7, 11) is 3.32. The van der Waals surface area contributed by atoms with E-state index < -0.39 is 92.0 Å². The molecule has 3 rings (SSSR count). The number of hydrogen-bond acceptors (Lipinski definition) is 15.